The van der Waals surface area contributed by atoms with Crippen molar-refractivity contribution in [2.24, 2.45) is 5.92 Å². The van der Waals surface area contributed by atoms with Crippen molar-refractivity contribution in [3.63, 3.8) is 0 Å². The summed E-state index contributed by atoms with van der Waals surface area (Å²) in [5.41, 5.74) is 0. The summed E-state index contributed by atoms with van der Waals surface area (Å²) in [6, 6.07) is -0.498. The molecule has 8 nitrogen and oxygen atoms in total. The fourth-order valence-electron chi connectivity index (χ4n) is 2.94. The van der Waals surface area contributed by atoms with E-state index in [9.17, 15) is 24.0 Å². The number of nitrogens with zero attached hydrogens (tertiary/aromatic N) is 3. The Bertz CT molecular complexity index is 646. The fraction of sp³-hybridized carbons (Fsp3) is 0.625. The molecule has 1 aromatic heterocycles. The smallest absolute Gasteiger partial charge is 0.426 e. The van der Waals surface area contributed by atoms with E-state index in [1.807, 2.05) is 13.8 Å². The van der Waals surface area contributed by atoms with Crippen LogP contribution in [0.5, 0.6) is 0 Å². The predicted molar refractivity (Wildman–Crippen MR) is 93.6 cm³/mol. The van der Waals surface area contributed by atoms with E-state index in [1.54, 1.807) is 4.90 Å². The van der Waals surface area contributed by atoms with Gasteiger partial charge >= 0.3 is 7.12 Å². The summed E-state index contributed by atoms with van der Waals surface area (Å²) in [5.74, 6) is -1.68. The van der Waals surface area contributed by atoms with Crippen molar-refractivity contribution in [1.29, 1.82) is 0 Å². The van der Waals surface area contributed by atoms with E-state index in [1.165, 1.54) is 6.33 Å². The number of nitrogens with one attached hydrogen (secondary N) is 1. The Balaban J connectivity index is 1.84. The molecule has 1 fully saturated rings. The average Bonchev–Trinajstić information content (AvgIpc) is 2.53. The van der Waals surface area contributed by atoms with E-state index < -0.39 is 30.8 Å². The fourth-order valence-corrected chi connectivity index (χ4v) is 2.94. The van der Waals surface area contributed by atoms with Crippen molar-refractivity contribution in [3.8, 4) is 0 Å². The molecule has 1 unspecified atom stereocenters. The number of ketones is 1. The second-order valence-electron chi connectivity index (χ2n) is 6.88. The number of hydrogen-bond donors (Lipinski definition) is 3. The zero-order chi connectivity index (χ0) is 19.3. The zero-order valence-electron chi connectivity index (χ0n) is 14.9. The molecule has 3 N–H and O–H groups in total. The molecule has 2 atom stereocenters. The topological polar surface area (TPSA) is 116 Å². The summed E-state index contributed by atoms with van der Waals surface area (Å²) < 4.78 is 13.7. The molecule has 1 amide bonds. The van der Waals surface area contributed by atoms with E-state index in [2.05, 4.69) is 15.3 Å². The van der Waals surface area contributed by atoms with Gasteiger partial charge in [-0.2, -0.15) is 0 Å². The van der Waals surface area contributed by atoms with Crippen molar-refractivity contribution in [3.05, 3.63) is 18.3 Å². The minimum absolute atomic E-state index is 0.00434. The maximum atomic E-state index is 13.7. The summed E-state index contributed by atoms with van der Waals surface area (Å²) in [5, 5.41) is 21.2. The lowest BCUT2D eigenvalue weighted by molar-refractivity contribution is -0.126. The maximum Gasteiger partial charge on any atom is 0.475 e. The SMILES string of the molecule is CC(C)CC(NC(=O)CCC(=O)[C@@H]1CCN1c1ncncc1F)B(O)O. The van der Waals surface area contributed by atoms with Crippen LogP contribution in [0.4, 0.5) is 10.2 Å². The summed E-state index contributed by atoms with van der Waals surface area (Å²) in [6.07, 6.45) is 3.20. The molecule has 0 radical (unpaired) electrons. The monoisotopic (exact) mass is 366 g/mol. The van der Waals surface area contributed by atoms with Gasteiger partial charge in [-0.1, -0.05) is 13.8 Å². The van der Waals surface area contributed by atoms with Crippen LogP contribution in [0, 0.1) is 11.7 Å². The molecule has 1 aromatic rings. The molecule has 1 aliphatic rings. The first-order valence-electron chi connectivity index (χ1n) is 8.70. The van der Waals surface area contributed by atoms with Crippen LogP contribution < -0.4 is 10.2 Å². The Morgan fingerprint density at radius 3 is 2.69 bits per heavy atom. The normalized spacial score (nSPS) is 17.6. The first-order valence-corrected chi connectivity index (χ1v) is 8.70. The Morgan fingerprint density at radius 2 is 2.15 bits per heavy atom. The molecule has 26 heavy (non-hydrogen) atoms. The van der Waals surface area contributed by atoms with Gasteiger partial charge in [0.1, 0.15) is 6.33 Å². The third-order valence-corrected chi connectivity index (χ3v) is 4.34. The summed E-state index contributed by atoms with van der Waals surface area (Å²) in [7, 11) is -1.65. The number of carbonyl (C=O) groups is 2. The summed E-state index contributed by atoms with van der Waals surface area (Å²) in [4.78, 5) is 33.4. The van der Waals surface area contributed by atoms with Gasteiger partial charge in [0, 0.05) is 19.4 Å². The van der Waals surface area contributed by atoms with Gasteiger partial charge in [-0.15, -0.1) is 0 Å². The first-order chi connectivity index (χ1) is 12.3. The molecule has 2 heterocycles. The molecule has 1 saturated heterocycles. The molecular weight excluding hydrogens is 342 g/mol. The molecule has 2 rings (SSSR count). The Hall–Kier alpha value is -2.07. The molecule has 0 bridgehead atoms. The van der Waals surface area contributed by atoms with E-state index in [4.69, 9.17) is 0 Å². The van der Waals surface area contributed by atoms with Gasteiger partial charge in [0.15, 0.2) is 17.4 Å². The Labute approximate surface area is 152 Å². The minimum atomic E-state index is -1.65. The van der Waals surface area contributed by atoms with Crippen LogP contribution in [-0.4, -0.2) is 57.4 Å². The highest BCUT2D eigenvalue weighted by molar-refractivity contribution is 6.43. The molecule has 0 aromatic carbocycles. The van der Waals surface area contributed by atoms with Crippen LogP contribution in [0.15, 0.2) is 12.5 Å². The van der Waals surface area contributed by atoms with Crippen LogP contribution in [0.25, 0.3) is 0 Å². The summed E-state index contributed by atoms with van der Waals surface area (Å²) in [6.45, 7) is 4.33. The van der Waals surface area contributed by atoms with E-state index in [0.717, 1.165) is 6.20 Å². The Kier molecular flexibility index (Phi) is 7.04. The quantitative estimate of drug-likeness (QED) is 0.531. The molecule has 1 aliphatic heterocycles. The minimum Gasteiger partial charge on any atom is -0.426 e. The van der Waals surface area contributed by atoms with E-state index in [0.29, 0.717) is 19.4 Å². The number of halogens is 1. The van der Waals surface area contributed by atoms with Crippen LogP contribution in [0.3, 0.4) is 0 Å². The van der Waals surface area contributed by atoms with Crippen molar-refractivity contribution in [1.82, 2.24) is 15.3 Å². The standard InChI is InChI=1S/C16H24BFN4O4/c1-10(2)7-14(17(25)26)21-15(24)4-3-13(23)12-5-6-22(12)16-11(18)8-19-9-20-16/h8-10,12,14,25-26H,3-7H2,1-2H3,(H,21,24)/t12-,14?/m0/s1. The number of amides is 1. The molecule has 10 heteroatoms. The number of hydrogen-bond acceptors (Lipinski definition) is 7. The highest BCUT2D eigenvalue weighted by Gasteiger charge is 2.36. The van der Waals surface area contributed by atoms with Gasteiger partial charge in [-0.3, -0.25) is 9.59 Å². The maximum absolute atomic E-state index is 13.7. The number of anilines is 1. The number of Topliss-reactive ketones (excluding diaryl/α,β-unsaturated/α-hetero) is 1. The van der Waals surface area contributed by atoms with Crippen LogP contribution >= 0.6 is 0 Å². The average molecular weight is 366 g/mol. The van der Waals surface area contributed by atoms with Crippen molar-refractivity contribution in [2.45, 2.75) is 51.5 Å². The Morgan fingerprint density at radius 1 is 1.42 bits per heavy atom. The van der Waals surface area contributed by atoms with E-state index in [-0.39, 0.29) is 30.4 Å². The van der Waals surface area contributed by atoms with Crippen molar-refractivity contribution >= 4 is 24.6 Å². The third kappa shape index (κ3) is 5.22. The zero-order valence-corrected chi connectivity index (χ0v) is 14.9. The molecule has 0 saturated carbocycles. The molecule has 0 spiro atoms. The first kappa shape index (κ1) is 20.2. The van der Waals surface area contributed by atoms with Gasteiger partial charge < -0.3 is 20.3 Å². The second kappa shape index (κ2) is 9.04. The van der Waals surface area contributed by atoms with Gasteiger partial charge in [-0.25, -0.2) is 14.4 Å². The molecular formula is C16H24BFN4O4. The van der Waals surface area contributed by atoms with Crippen LogP contribution in [0.2, 0.25) is 0 Å². The van der Waals surface area contributed by atoms with Gasteiger partial charge in [0.2, 0.25) is 5.91 Å². The van der Waals surface area contributed by atoms with Crippen LogP contribution in [-0.2, 0) is 9.59 Å². The van der Waals surface area contributed by atoms with E-state index >= 15 is 0 Å². The number of rotatable bonds is 9. The highest BCUT2D eigenvalue weighted by atomic mass is 19.1. The highest BCUT2D eigenvalue weighted by Crippen LogP contribution is 2.27. The largest absolute Gasteiger partial charge is 0.475 e. The second-order valence-corrected chi connectivity index (χ2v) is 6.88. The number of carbonyl (C=O) groups excluding carboxylic acids is 2. The van der Waals surface area contributed by atoms with Crippen LogP contribution in [0.1, 0.15) is 39.5 Å². The van der Waals surface area contributed by atoms with Crippen molar-refractivity contribution in [2.75, 3.05) is 11.4 Å². The third-order valence-electron chi connectivity index (χ3n) is 4.34. The van der Waals surface area contributed by atoms with Gasteiger partial charge in [0.05, 0.1) is 18.2 Å². The lowest BCUT2D eigenvalue weighted by atomic mass is 9.75. The van der Waals surface area contributed by atoms with Gasteiger partial charge in [0.25, 0.3) is 0 Å². The molecule has 0 aliphatic carbocycles. The van der Waals surface area contributed by atoms with Gasteiger partial charge in [-0.05, 0) is 18.8 Å². The van der Waals surface area contributed by atoms with Crippen molar-refractivity contribution < 1.29 is 24.0 Å². The lowest BCUT2D eigenvalue weighted by Crippen LogP contribution is -2.53. The number of aromatic nitrogens is 2. The lowest BCUT2D eigenvalue weighted by Gasteiger charge is -2.40. The molecule has 142 valence electrons. The summed E-state index contributed by atoms with van der Waals surface area (Å²) >= 11 is 0. The predicted octanol–water partition coefficient (Wildman–Crippen LogP) is 0.0866.